The lowest BCUT2D eigenvalue weighted by molar-refractivity contribution is -0.137. The van der Waals surface area contributed by atoms with Crippen molar-refractivity contribution < 1.29 is 13.2 Å². The first-order valence-corrected chi connectivity index (χ1v) is 9.79. The van der Waals surface area contributed by atoms with Gasteiger partial charge >= 0.3 is 6.18 Å². The number of piperazine rings is 1. The summed E-state index contributed by atoms with van der Waals surface area (Å²) < 4.78 is 41.4. The number of nitrogens with zero attached hydrogens (tertiary/aromatic N) is 4. The summed E-state index contributed by atoms with van der Waals surface area (Å²) in [7, 11) is 0. The van der Waals surface area contributed by atoms with Crippen molar-refractivity contribution in [3.05, 3.63) is 56.9 Å². The quantitative estimate of drug-likeness (QED) is 0.668. The van der Waals surface area contributed by atoms with E-state index in [2.05, 4.69) is 11.0 Å². The van der Waals surface area contributed by atoms with E-state index in [0.29, 0.717) is 48.7 Å². The molecule has 0 saturated carbocycles. The number of alkyl halides is 3. The summed E-state index contributed by atoms with van der Waals surface area (Å²) in [6.07, 6.45) is -4.34. The van der Waals surface area contributed by atoms with Crippen LogP contribution in [0.25, 0.3) is 0 Å². The average molecular weight is 421 g/mol. The van der Waals surface area contributed by atoms with Gasteiger partial charge in [-0.25, -0.2) is 0 Å². The molecule has 2 aromatic rings. The van der Waals surface area contributed by atoms with Crippen LogP contribution in [0.4, 0.5) is 18.9 Å². The largest absolute Gasteiger partial charge is 0.416 e. The van der Waals surface area contributed by atoms with Gasteiger partial charge in [-0.15, -0.1) is 0 Å². The first-order chi connectivity index (χ1) is 13.6. The number of anilines is 1. The van der Waals surface area contributed by atoms with Gasteiger partial charge in [0, 0.05) is 37.6 Å². The van der Waals surface area contributed by atoms with Gasteiger partial charge in [-0.2, -0.15) is 18.4 Å². The molecule has 0 amide bonds. The normalized spacial score (nSPS) is 15.4. The lowest BCUT2D eigenvalue weighted by Gasteiger charge is -2.37. The van der Waals surface area contributed by atoms with Gasteiger partial charge in [-0.3, -0.25) is 4.90 Å². The molecule has 0 bridgehead atoms. The highest BCUT2D eigenvalue weighted by Gasteiger charge is 2.31. The van der Waals surface area contributed by atoms with Crippen LogP contribution in [-0.4, -0.2) is 35.6 Å². The van der Waals surface area contributed by atoms with E-state index in [0.717, 1.165) is 22.9 Å². The van der Waals surface area contributed by atoms with E-state index in [1.165, 1.54) is 12.1 Å². The van der Waals surface area contributed by atoms with Crippen molar-refractivity contribution in [2.75, 3.05) is 31.1 Å². The van der Waals surface area contributed by atoms with Gasteiger partial charge in [0.15, 0.2) is 0 Å². The van der Waals surface area contributed by atoms with Crippen molar-refractivity contribution in [1.82, 2.24) is 9.47 Å². The van der Waals surface area contributed by atoms with Crippen molar-refractivity contribution >= 4 is 17.9 Å². The maximum absolute atomic E-state index is 13.0. The van der Waals surface area contributed by atoms with Gasteiger partial charge in [0.2, 0.25) is 0 Å². The maximum atomic E-state index is 13.0. The second kappa shape index (κ2) is 8.17. The molecule has 0 spiro atoms. The lowest BCUT2D eigenvalue weighted by Crippen LogP contribution is -2.47. The summed E-state index contributed by atoms with van der Waals surface area (Å²) in [6, 6.07) is 7.68. The second-order valence-corrected chi connectivity index (χ2v) is 7.74. The Bertz CT molecular complexity index is 1010. The van der Waals surface area contributed by atoms with Gasteiger partial charge in [-0.1, -0.05) is 18.3 Å². The zero-order valence-corrected chi connectivity index (χ0v) is 17.5. The first kappa shape index (κ1) is 21.3. The highest BCUT2D eigenvalue weighted by molar-refractivity contribution is 7.71. The SMILES string of the molecule is Cc1c(C)c(C)n(CN2CCN(c3cccc(C(F)(F)F)c3)CC2)c(=S)c1C#N. The molecule has 1 aromatic heterocycles. The number of halogens is 3. The summed E-state index contributed by atoms with van der Waals surface area (Å²) >= 11 is 5.54. The predicted octanol–water partition coefficient (Wildman–Crippen LogP) is 4.81. The van der Waals surface area contributed by atoms with Crippen LogP contribution in [0, 0.1) is 36.7 Å². The third kappa shape index (κ3) is 4.31. The molecule has 154 valence electrons. The summed E-state index contributed by atoms with van der Waals surface area (Å²) in [6.45, 7) is 9.12. The number of nitriles is 1. The summed E-state index contributed by atoms with van der Waals surface area (Å²) in [4.78, 5) is 4.18. The third-order valence-corrected chi connectivity index (χ3v) is 6.13. The molecular formula is C21H23F3N4S. The van der Waals surface area contributed by atoms with Crippen molar-refractivity contribution in [3.8, 4) is 6.07 Å². The van der Waals surface area contributed by atoms with E-state index in [4.69, 9.17) is 12.2 Å². The van der Waals surface area contributed by atoms with Gasteiger partial charge in [0.25, 0.3) is 0 Å². The first-order valence-electron chi connectivity index (χ1n) is 9.38. The molecule has 0 atom stereocenters. The Balaban J connectivity index is 1.74. The number of rotatable bonds is 3. The molecule has 1 aliphatic rings. The topological polar surface area (TPSA) is 35.2 Å². The van der Waals surface area contributed by atoms with Crippen LogP contribution in [0.1, 0.15) is 27.9 Å². The highest BCUT2D eigenvalue weighted by atomic mass is 32.1. The fourth-order valence-electron chi connectivity index (χ4n) is 3.64. The van der Waals surface area contributed by atoms with Crippen LogP contribution in [0.2, 0.25) is 0 Å². The zero-order chi connectivity index (χ0) is 21.3. The number of hydrogen-bond acceptors (Lipinski definition) is 4. The van der Waals surface area contributed by atoms with E-state index in [1.54, 1.807) is 6.07 Å². The van der Waals surface area contributed by atoms with Crippen LogP contribution in [0.3, 0.4) is 0 Å². The zero-order valence-electron chi connectivity index (χ0n) is 16.7. The van der Waals surface area contributed by atoms with Crippen molar-refractivity contribution in [1.29, 1.82) is 5.26 Å². The predicted molar refractivity (Wildman–Crippen MR) is 109 cm³/mol. The van der Waals surface area contributed by atoms with E-state index in [1.807, 2.05) is 30.2 Å². The lowest BCUT2D eigenvalue weighted by atomic mass is 10.0. The Morgan fingerprint density at radius 2 is 1.72 bits per heavy atom. The fraction of sp³-hybridized carbons (Fsp3) is 0.429. The molecule has 0 radical (unpaired) electrons. The molecule has 0 N–H and O–H groups in total. The van der Waals surface area contributed by atoms with Crippen LogP contribution >= 0.6 is 12.2 Å². The molecule has 4 nitrogen and oxygen atoms in total. The van der Waals surface area contributed by atoms with Crippen molar-refractivity contribution in [2.24, 2.45) is 0 Å². The van der Waals surface area contributed by atoms with Crippen LogP contribution in [0.5, 0.6) is 0 Å². The molecule has 2 heterocycles. The van der Waals surface area contributed by atoms with Crippen LogP contribution in [-0.2, 0) is 12.8 Å². The molecule has 0 aliphatic carbocycles. The summed E-state index contributed by atoms with van der Waals surface area (Å²) in [5.41, 5.74) is 3.50. The Morgan fingerprint density at radius 1 is 1.07 bits per heavy atom. The Morgan fingerprint density at radius 3 is 2.31 bits per heavy atom. The number of hydrogen-bond donors (Lipinski definition) is 0. The molecular weight excluding hydrogens is 397 g/mol. The Labute approximate surface area is 173 Å². The minimum atomic E-state index is -4.34. The van der Waals surface area contributed by atoms with Crippen molar-refractivity contribution in [3.63, 3.8) is 0 Å². The number of benzene rings is 1. The van der Waals surface area contributed by atoms with E-state index in [9.17, 15) is 18.4 Å². The maximum Gasteiger partial charge on any atom is 0.416 e. The van der Waals surface area contributed by atoms with E-state index >= 15 is 0 Å². The van der Waals surface area contributed by atoms with Crippen molar-refractivity contribution in [2.45, 2.75) is 33.6 Å². The standard InChI is InChI=1S/C21H23F3N4S/c1-14-15(2)19(12-25)20(29)28(16(14)3)13-26-7-9-27(10-8-26)18-6-4-5-17(11-18)21(22,23)24/h4-6,11H,7-10,13H2,1-3H3. The van der Waals surface area contributed by atoms with Gasteiger partial charge in [0.05, 0.1) is 17.8 Å². The molecule has 1 fully saturated rings. The smallest absolute Gasteiger partial charge is 0.369 e. The minimum Gasteiger partial charge on any atom is -0.369 e. The molecule has 3 rings (SSSR count). The highest BCUT2D eigenvalue weighted by Crippen LogP contribution is 2.32. The van der Waals surface area contributed by atoms with Crippen LogP contribution in [0.15, 0.2) is 24.3 Å². The molecule has 1 saturated heterocycles. The van der Waals surface area contributed by atoms with E-state index < -0.39 is 11.7 Å². The molecule has 29 heavy (non-hydrogen) atoms. The summed E-state index contributed by atoms with van der Waals surface area (Å²) in [5, 5.41) is 9.45. The average Bonchev–Trinajstić information content (AvgIpc) is 2.70. The number of aromatic nitrogens is 1. The molecule has 8 heteroatoms. The molecule has 1 aromatic carbocycles. The second-order valence-electron chi connectivity index (χ2n) is 7.35. The molecule has 1 aliphatic heterocycles. The van der Waals surface area contributed by atoms with Gasteiger partial charge in [-0.05, 0) is 50.1 Å². The minimum absolute atomic E-state index is 0.533. The Kier molecular flexibility index (Phi) is 6.01. The van der Waals surface area contributed by atoms with Gasteiger partial charge in [0.1, 0.15) is 10.7 Å². The van der Waals surface area contributed by atoms with E-state index in [-0.39, 0.29) is 0 Å². The summed E-state index contributed by atoms with van der Waals surface area (Å²) in [5.74, 6) is 0. The third-order valence-electron chi connectivity index (χ3n) is 5.71. The monoisotopic (exact) mass is 420 g/mol. The van der Waals surface area contributed by atoms with Crippen LogP contribution < -0.4 is 4.90 Å². The Hall–Kier alpha value is -2.37. The number of pyridine rings is 1. The fourth-order valence-corrected chi connectivity index (χ4v) is 4.03. The van der Waals surface area contributed by atoms with Gasteiger partial charge < -0.3 is 9.47 Å². The molecule has 0 unspecified atom stereocenters.